The van der Waals surface area contributed by atoms with E-state index in [1.54, 1.807) is 36.4 Å². The van der Waals surface area contributed by atoms with E-state index in [4.69, 9.17) is 9.47 Å². The molecule has 0 radical (unpaired) electrons. The highest BCUT2D eigenvalue weighted by atomic mass is 16.5. The van der Waals surface area contributed by atoms with E-state index in [1.807, 2.05) is 30.3 Å². The normalized spacial score (nSPS) is 14.7. The van der Waals surface area contributed by atoms with Crippen LogP contribution in [0.2, 0.25) is 0 Å². The van der Waals surface area contributed by atoms with Gasteiger partial charge < -0.3 is 20.1 Å². The fraction of sp³-hybridized carbons (Fsp3) is 0.174. The molecule has 3 aromatic rings. The van der Waals surface area contributed by atoms with Gasteiger partial charge in [0, 0.05) is 13.1 Å². The zero-order valence-electron chi connectivity index (χ0n) is 16.3. The zero-order valence-corrected chi connectivity index (χ0v) is 16.3. The number of ether oxygens (including phenoxy) is 2. The summed E-state index contributed by atoms with van der Waals surface area (Å²) in [7, 11) is 0. The second-order valence-electron chi connectivity index (χ2n) is 6.70. The third-order valence-corrected chi connectivity index (χ3v) is 4.58. The molecule has 0 saturated carbocycles. The van der Waals surface area contributed by atoms with Crippen LogP contribution in [0.5, 0.6) is 11.5 Å². The molecule has 7 heteroatoms. The second-order valence-corrected chi connectivity index (χ2v) is 6.70. The largest absolute Gasteiger partial charge is 0.486 e. The van der Waals surface area contributed by atoms with Crippen LogP contribution in [0.25, 0.3) is 0 Å². The molecule has 0 atom stereocenters. The number of para-hydroxylation sites is 2. The van der Waals surface area contributed by atoms with E-state index >= 15 is 0 Å². The van der Waals surface area contributed by atoms with E-state index in [2.05, 4.69) is 15.6 Å². The molecule has 0 fully saturated rings. The lowest BCUT2D eigenvalue weighted by Gasteiger charge is -2.12. The standard InChI is InChI=1S/C23H21N3O4/c27-22-18-8-1-3-10-20(18)29-14-16-6-5-7-17(26-16)15-30-21-11-4-2-9-19(21)23(28)25-13-12-24-22/h1-11H,12-15H2,(H,24,27)(H,25,28). The number of pyridine rings is 1. The summed E-state index contributed by atoms with van der Waals surface area (Å²) in [6, 6.07) is 19.6. The van der Waals surface area contributed by atoms with Gasteiger partial charge in [-0.2, -0.15) is 0 Å². The van der Waals surface area contributed by atoms with Gasteiger partial charge in [0.25, 0.3) is 11.8 Å². The summed E-state index contributed by atoms with van der Waals surface area (Å²) in [5, 5.41) is 5.61. The van der Waals surface area contributed by atoms with Gasteiger partial charge >= 0.3 is 0 Å². The summed E-state index contributed by atoms with van der Waals surface area (Å²) in [4.78, 5) is 29.7. The summed E-state index contributed by atoms with van der Waals surface area (Å²) in [5.74, 6) is 0.405. The Kier molecular flexibility index (Phi) is 5.89. The molecule has 152 valence electrons. The summed E-state index contributed by atoms with van der Waals surface area (Å²) in [6.07, 6.45) is 0. The molecule has 1 aliphatic heterocycles. The van der Waals surface area contributed by atoms with E-state index < -0.39 is 0 Å². The number of benzene rings is 2. The number of hydrogen-bond donors (Lipinski definition) is 2. The quantitative estimate of drug-likeness (QED) is 0.602. The Morgan fingerprint density at radius 3 is 1.60 bits per heavy atom. The van der Waals surface area contributed by atoms with Crippen molar-refractivity contribution in [2.45, 2.75) is 13.2 Å². The molecule has 0 spiro atoms. The van der Waals surface area contributed by atoms with Crippen molar-refractivity contribution in [3.05, 3.63) is 89.2 Å². The van der Waals surface area contributed by atoms with Gasteiger partial charge in [0.15, 0.2) is 0 Å². The highest BCUT2D eigenvalue weighted by Gasteiger charge is 2.15. The molecule has 2 aromatic carbocycles. The van der Waals surface area contributed by atoms with Gasteiger partial charge in [-0.05, 0) is 36.4 Å². The van der Waals surface area contributed by atoms with Gasteiger partial charge in [-0.25, -0.2) is 0 Å². The van der Waals surface area contributed by atoms with Crippen molar-refractivity contribution in [3.8, 4) is 11.5 Å². The molecule has 4 rings (SSSR count). The van der Waals surface area contributed by atoms with Crippen molar-refractivity contribution >= 4 is 11.8 Å². The Balaban J connectivity index is 1.63. The van der Waals surface area contributed by atoms with E-state index in [0.29, 0.717) is 34.0 Å². The Hall–Kier alpha value is -3.87. The number of nitrogens with one attached hydrogen (secondary N) is 2. The van der Waals surface area contributed by atoms with E-state index in [9.17, 15) is 9.59 Å². The van der Waals surface area contributed by atoms with Crippen molar-refractivity contribution in [2.75, 3.05) is 13.1 Å². The predicted octanol–water partition coefficient (Wildman–Crippen LogP) is 2.71. The van der Waals surface area contributed by atoms with Gasteiger partial charge in [-0.1, -0.05) is 30.3 Å². The highest BCUT2D eigenvalue weighted by molar-refractivity contribution is 5.98. The third-order valence-electron chi connectivity index (χ3n) is 4.58. The molecule has 2 bridgehead atoms. The monoisotopic (exact) mass is 403 g/mol. The lowest BCUT2D eigenvalue weighted by atomic mass is 10.2. The van der Waals surface area contributed by atoms with E-state index in [-0.39, 0.29) is 38.1 Å². The van der Waals surface area contributed by atoms with Gasteiger partial charge in [-0.15, -0.1) is 0 Å². The van der Waals surface area contributed by atoms with E-state index in [1.165, 1.54) is 0 Å². The van der Waals surface area contributed by atoms with Crippen molar-refractivity contribution in [3.63, 3.8) is 0 Å². The number of carbonyl (C=O) groups is 2. The van der Waals surface area contributed by atoms with Gasteiger partial charge in [0.05, 0.1) is 22.5 Å². The van der Waals surface area contributed by atoms with Crippen LogP contribution in [0.15, 0.2) is 66.7 Å². The van der Waals surface area contributed by atoms with Crippen molar-refractivity contribution in [1.29, 1.82) is 0 Å². The lowest BCUT2D eigenvalue weighted by molar-refractivity contribution is 0.0923. The number of rotatable bonds is 0. The summed E-state index contributed by atoms with van der Waals surface area (Å²) < 4.78 is 11.7. The molecule has 7 nitrogen and oxygen atoms in total. The Morgan fingerprint density at radius 1 is 0.633 bits per heavy atom. The molecule has 2 N–H and O–H groups in total. The summed E-state index contributed by atoms with van der Waals surface area (Å²) in [6.45, 7) is 0.998. The molecule has 1 aromatic heterocycles. The first-order valence-corrected chi connectivity index (χ1v) is 9.65. The smallest absolute Gasteiger partial charge is 0.255 e. The van der Waals surface area contributed by atoms with Crippen LogP contribution in [-0.4, -0.2) is 29.9 Å². The third kappa shape index (κ3) is 4.57. The van der Waals surface area contributed by atoms with Crippen LogP contribution in [0.4, 0.5) is 0 Å². The SMILES string of the molecule is O=C1NCCNC(=O)c2ccccc2OCc2cccc(n2)COc2ccccc21. The van der Waals surface area contributed by atoms with E-state index in [0.717, 1.165) is 0 Å². The molecule has 2 amide bonds. The number of aromatic nitrogens is 1. The van der Waals surface area contributed by atoms with Crippen LogP contribution in [0, 0.1) is 0 Å². The number of carbonyl (C=O) groups excluding carboxylic acids is 2. The zero-order chi connectivity index (χ0) is 20.8. The molecule has 30 heavy (non-hydrogen) atoms. The summed E-state index contributed by atoms with van der Waals surface area (Å²) >= 11 is 0. The first-order valence-electron chi connectivity index (χ1n) is 9.65. The molecular formula is C23H21N3O4. The average Bonchev–Trinajstić information content (AvgIpc) is 2.79. The van der Waals surface area contributed by atoms with Gasteiger partial charge in [0.1, 0.15) is 24.7 Å². The minimum Gasteiger partial charge on any atom is -0.486 e. The number of nitrogens with zero attached hydrogens (tertiary/aromatic N) is 1. The van der Waals surface area contributed by atoms with Gasteiger partial charge in [-0.3, -0.25) is 14.6 Å². The summed E-state index contributed by atoms with van der Waals surface area (Å²) in [5.41, 5.74) is 2.28. The number of hydrogen-bond acceptors (Lipinski definition) is 5. The number of fused-ring (bicyclic) bond motifs is 4. The molecular weight excluding hydrogens is 382 g/mol. The van der Waals surface area contributed by atoms with Crippen LogP contribution < -0.4 is 20.1 Å². The first kappa shape index (κ1) is 19.4. The molecule has 0 saturated heterocycles. The Bertz CT molecular complexity index is 987. The minimum atomic E-state index is -0.269. The highest BCUT2D eigenvalue weighted by Crippen LogP contribution is 2.21. The van der Waals surface area contributed by atoms with Crippen LogP contribution in [-0.2, 0) is 13.2 Å². The van der Waals surface area contributed by atoms with Crippen LogP contribution >= 0.6 is 0 Å². The minimum absolute atomic E-state index is 0.217. The van der Waals surface area contributed by atoms with Crippen LogP contribution in [0.1, 0.15) is 32.1 Å². The maximum atomic E-state index is 12.6. The maximum absolute atomic E-state index is 12.6. The topological polar surface area (TPSA) is 89.6 Å². The van der Waals surface area contributed by atoms with Crippen molar-refractivity contribution in [1.82, 2.24) is 15.6 Å². The fourth-order valence-corrected chi connectivity index (χ4v) is 3.10. The Morgan fingerprint density at radius 2 is 1.10 bits per heavy atom. The molecule has 1 aliphatic rings. The molecule has 0 aliphatic carbocycles. The Labute approximate surface area is 174 Å². The predicted molar refractivity (Wildman–Crippen MR) is 110 cm³/mol. The van der Waals surface area contributed by atoms with Crippen LogP contribution in [0.3, 0.4) is 0 Å². The molecule has 0 unspecified atom stereocenters. The average molecular weight is 403 g/mol. The molecule has 2 heterocycles. The lowest BCUT2D eigenvalue weighted by Crippen LogP contribution is -2.35. The maximum Gasteiger partial charge on any atom is 0.255 e. The first-order chi connectivity index (χ1) is 14.7. The van der Waals surface area contributed by atoms with Crippen molar-refractivity contribution < 1.29 is 19.1 Å². The van der Waals surface area contributed by atoms with Gasteiger partial charge in [0.2, 0.25) is 0 Å². The fourth-order valence-electron chi connectivity index (χ4n) is 3.10. The van der Waals surface area contributed by atoms with Crippen molar-refractivity contribution in [2.24, 2.45) is 0 Å². The number of amides is 2. The second kappa shape index (κ2) is 9.09.